The van der Waals surface area contributed by atoms with Gasteiger partial charge in [-0.25, -0.2) is 0 Å². The van der Waals surface area contributed by atoms with E-state index in [1.807, 2.05) is 28.8 Å². The zero-order valence-electron chi connectivity index (χ0n) is 10.8. The highest BCUT2D eigenvalue weighted by Crippen LogP contribution is 2.24. The van der Waals surface area contributed by atoms with Crippen molar-refractivity contribution in [2.45, 2.75) is 19.3 Å². The monoisotopic (exact) mass is 264 g/mol. The second-order valence-corrected chi connectivity index (χ2v) is 5.46. The van der Waals surface area contributed by atoms with Crippen molar-refractivity contribution < 1.29 is 4.79 Å². The maximum Gasteiger partial charge on any atom is 0.227 e. The van der Waals surface area contributed by atoms with Crippen LogP contribution in [0.5, 0.6) is 0 Å². The summed E-state index contributed by atoms with van der Waals surface area (Å²) in [4.78, 5) is 13.6. The van der Waals surface area contributed by atoms with Gasteiger partial charge in [-0.3, -0.25) is 4.79 Å². The third kappa shape index (κ3) is 3.42. The van der Waals surface area contributed by atoms with Gasteiger partial charge in [0.15, 0.2) is 0 Å². The Balaban J connectivity index is 1.94. The number of hydrogen-bond acceptors (Lipinski definition) is 3. The van der Waals surface area contributed by atoms with Crippen molar-refractivity contribution in [2.75, 3.05) is 35.3 Å². The summed E-state index contributed by atoms with van der Waals surface area (Å²) in [5.74, 6) is 1.42. The first-order valence-corrected chi connectivity index (χ1v) is 7.84. The van der Waals surface area contributed by atoms with Crippen molar-refractivity contribution >= 4 is 29.0 Å². The molecular formula is C14H20N2OS. The third-order valence-electron chi connectivity index (χ3n) is 3.09. The van der Waals surface area contributed by atoms with Gasteiger partial charge in [0.2, 0.25) is 5.91 Å². The molecule has 0 unspecified atom stereocenters. The first-order valence-electron chi connectivity index (χ1n) is 6.44. The van der Waals surface area contributed by atoms with Crippen LogP contribution in [0.15, 0.2) is 24.3 Å². The van der Waals surface area contributed by atoms with E-state index < -0.39 is 0 Å². The molecule has 2 rings (SSSR count). The summed E-state index contributed by atoms with van der Waals surface area (Å²) in [5.41, 5.74) is 2.13. The number of carbonyl (C=O) groups is 1. The van der Waals surface area contributed by atoms with Crippen LogP contribution in [0, 0.1) is 0 Å². The number of rotatable bonds is 6. The Hall–Kier alpha value is -1.16. The third-order valence-corrected chi connectivity index (χ3v) is 3.78. The van der Waals surface area contributed by atoms with Gasteiger partial charge in [0, 0.05) is 30.9 Å². The van der Waals surface area contributed by atoms with Crippen molar-refractivity contribution in [1.82, 2.24) is 0 Å². The maximum absolute atomic E-state index is 11.7. The van der Waals surface area contributed by atoms with Gasteiger partial charge in [-0.2, -0.15) is 11.8 Å². The Morgan fingerprint density at radius 2 is 2.33 bits per heavy atom. The van der Waals surface area contributed by atoms with Gasteiger partial charge in [0.1, 0.15) is 0 Å². The number of benzene rings is 1. The molecule has 0 atom stereocenters. The van der Waals surface area contributed by atoms with Gasteiger partial charge in [-0.15, -0.1) is 0 Å². The molecule has 1 amide bonds. The molecule has 0 aliphatic carbocycles. The van der Waals surface area contributed by atoms with E-state index in [2.05, 4.69) is 23.7 Å². The fraction of sp³-hybridized carbons (Fsp3) is 0.500. The second-order valence-electron chi connectivity index (χ2n) is 4.47. The van der Waals surface area contributed by atoms with Crippen LogP contribution >= 0.6 is 11.8 Å². The fourth-order valence-corrected chi connectivity index (χ4v) is 2.59. The second kappa shape index (κ2) is 6.69. The molecule has 1 aliphatic heterocycles. The highest BCUT2D eigenvalue weighted by molar-refractivity contribution is 7.98. The normalized spacial score (nSPS) is 15.2. The van der Waals surface area contributed by atoms with E-state index in [4.69, 9.17) is 0 Å². The Kier molecular flexibility index (Phi) is 4.93. The average molecular weight is 264 g/mol. The van der Waals surface area contributed by atoms with Gasteiger partial charge >= 0.3 is 0 Å². The van der Waals surface area contributed by atoms with Crippen LogP contribution in [0.25, 0.3) is 0 Å². The van der Waals surface area contributed by atoms with Crippen LogP contribution in [-0.4, -0.2) is 31.0 Å². The molecule has 1 fully saturated rings. The van der Waals surface area contributed by atoms with Crippen LogP contribution < -0.4 is 10.2 Å². The minimum atomic E-state index is 0.245. The molecule has 0 bridgehead atoms. The first-order chi connectivity index (χ1) is 8.81. The number of nitrogens with one attached hydrogen (secondary N) is 1. The average Bonchev–Trinajstić information content (AvgIpc) is 2.81. The number of thioether (sulfide) groups is 1. The van der Waals surface area contributed by atoms with Crippen LogP contribution in [0.2, 0.25) is 0 Å². The van der Waals surface area contributed by atoms with Crippen molar-refractivity contribution in [1.29, 1.82) is 0 Å². The van der Waals surface area contributed by atoms with Crippen LogP contribution in [-0.2, 0) is 4.79 Å². The Labute approximate surface area is 113 Å². The topological polar surface area (TPSA) is 32.3 Å². The zero-order valence-corrected chi connectivity index (χ0v) is 11.6. The van der Waals surface area contributed by atoms with E-state index in [9.17, 15) is 4.79 Å². The molecule has 18 heavy (non-hydrogen) atoms. The molecular weight excluding hydrogens is 244 g/mol. The standard InChI is InChI=1S/C14H20N2OS/c1-18-10-4-8-15-12-5-2-6-13(11-12)16-9-3-7-14(16)17/h2,5-6,11,15H,3-4,7-10H2,1H3. The lowest BCUT2D eigenvalue weighted by atomic mass is 10.2. The Morgan fingerprint density at radius 3 is 3.06 bits per heavy atom. The van der Waals surface area contributed by atoms with E-state index in [1.165, 1.54) is 5.75 Å². The number of carbonyl (C=O) groups excluding carboxylic acids is 1. The van der Waals surface area contributed by atoms with Gasteiger partial charge in [0.05, 0.1) is 0 Å². The van der Waals surface area contributed by atoms with Gasteiger partial charge < -0.3 is 10.2 Å². The molecule has 1 aromatic rings. The largest absolute Gasteiger partial charge is 0.385 e. The predicted octanol–water partition coefficient (Wildman–Crippen LogP) is 2.98. The first kappa shape index (κ1) is 13.3. The van der Waals surface area contributed by atoms with Crippen LogP contribution in [0.3, 0.4) is 0 Å². The fourth-order valence-electron chi connectivity index (χ4n) is 2.15. The molecule has 0 saturated carbocycles. The lowest BCUT2D eigenvalue weighted by Crippen LogP contribution is -2.23. The number of nitrogens with zero attached hydrogens (tertiary/aromatic N) is 1. The number of hydrogen-bond donors (Lipinski definition) is 1. The zero-order chi connectivity index (χ0) is 12.8. The summed E-state index contributed by atoms with van der Waals surface area (Å²) >= 11 is 1.87. The molecule has 3 nitrogen and oxygen atoms in total. The molecule has 4 heteroatoms. The summed E-state index contributed by atoms with van der Waals surface area (Å²) in [6, 6.07) is 8.15. The summed E-state index contributed by atoms with van der Waals surface area (Å²) in [7, 11) is 0. The summed E-state index contributed by atoms with van der Waals surface area (Å²) in [5, 5.41) is 3.41. The summed E-state index contributed by atoms with van der Waals surface area (Å²) in [6.07, 6.45) is 4.95. The summed E-state index contributed by atoms with van der Waals surface area (Å²) in [6.45, 7) is 1.84. The number of amides is 1. The van der Waals surface area contributed by atoms with Gasteiger partial charge in [0.25, 0.3) is 0 Å². The Bertz CT molecular complexity index is 409. The van der Waals surface area contributed by atoms with Crippen molar-refractivity contribution in [3.05, 3.63) is 24.3 Å². The molecule has 0 radical (unpaired) electrons. The smallest absolute Gasteiger partial charge is 0.227 e. The molecule has 1 aliphatic rings. The molecule has 1 N–H and O–H groups in total. The maximum atomic E-state index is 11.7. The predicted molar refractivity (Wildman–Crippen MR) is 79.5 cm³/mol. The Morgan fingerprint density at radius 1 is 1.44 bits per heavy atom. The van der Waals surface area contributed by atoms with Crippen LogP contribution in [0.4, 0.5) is 11.4 Å². The van der Waals surface area contributed by atoms with E-state index in [0.717, 1.165) is 37.3 Å². The number of anilines is 2. The van der Waals surface area contributed by atoms with Gasteiger partial charge in [-0.1, -0.05) is 6.07 Å². The van der Waals surface area contributed by atoms with E-state index in [0.29, 0.717) is 6.42 Å². The van der Waals surface area contributed by atoms with E-state index in [1.54, 1.807) is 0 Å². The molecule has 0 spiro atoms. The van der Waals surface area contributed by atoms with Crippen molar-refractivity contribution in [2.24, 2.45) is 0 Å². The van der Waals surface area contributed by atoms with E-state index in [-0.39, 0.29) is 5.91 Å². The van der Waals surface area contributed by atoms with Gasteiger partial charge in [-0.05, 0) is 43.0 Å². The molecule has 98 valence electrons. The molecule has 1 aromatic carbocycles. The minimum absolute atomic E-state index is 0.245. The highest BCUT2D eigenvalue weighted by Gasteiger charge is 2.21. The molecule has 1 saturated heterocycles. The summed E-state index contributed by atoms with van der Waals surface area (Å²) < 4.78 is 0. The lowest BCUT2D eigenvalue weighted by Gasteiger charge is -2.17. The van der Waals surface area contributed by atoms with Crippen molar-refractivity contribution in [3.8, 4) is 0 Å². The van der Waals surface area contributed by atoms with Crippen LogP contribution in [0.1, 0.15) is 19.3 Å². The van der Waals surface area contributed by atoms with Crippen molar-refractivity contribution in [3.63, 3.8) is 0 Å². The SMILES string of the molecule is CSCCCNc1cccc(N2CCCC2=O)c1. The molecule has 0 aromatic heterocycles. The quantitative estimate of drug-likeness (QED) is 0.802. The minimum Gasteiger partial charge on any atom is -0.385 e. The van der Waals surface area contributed by atoms with E-state index >= 15 is 0 Å². The molecule has 1 heterocycles. The lowest BCUT2D eigenvalue weighted by molar-refractivity contribution is -0.117. The highest BCUT2D eigenvalue weighted by atomic mass is 32.2.